The molecule has 3 aromatic rings. The van der Waals surface area contributed by atoms with Crippen LogP contribution in [0.1, 0.15) is 52.8 Å². The summed E-state index contributed by atoms with van der Waals surface area (Å²) in [5, 5.41) is 2.21. The van der Waals surface area contributed by atoms with E-state index in [0.717, 1.165) is 16.3 Å². The van der Waals surface area contributed by atoms with Crippen LogP contribution in [0.5, 0.6) is 0 Å². The number of thiazole rings is 1. The fourth-order valence-electron chi connectivity index (χ4n) is 2.78. The zero-order valence-corrected chi connectivity index (χ0v) is 17.3. The van der Waals surface area contributed by atoms with Crippen LogP contribution in [0.15, 0.2) is 59.0 Å². The lowest BCUT2D eigenvalue weighted by atomic mass is 9.87. The number of rotatable bonds is 2. The topological polar surface area (TPSA) is 30.2 Å². The molecule has 0 aliphatic carbocycles. The van der Waals surface area contributed by atoms with Gasteiger partial charge in [0.05, 0.1) is 0 Å². The summed E-state index contributed by atoms with van der Waals surface area (Å²) >= 11 is 1.66. The van der Waals surface area contributed by atoms with E-state index < -0.39 is 0 Å². The molecule has 0 aliphatic heterocycles. The van der Waals surface area contributed by atoms with Crippen LogP contribution in [0.3, 0.4) is 0 Å². The zero-order valence-electron chi connectivity index (χ0n) is 16.4. The summed E-state index contributed by atoms with van der Waals surface area (Å²) in [6.45, 7) is 13.4. The van der Waals surface area contributed by atoms with Gasteiger partial charge in [-0.3, -0.25) is 4.57 Å². The molecular weight excluding hydrogens is 338 g/mol. The van der Waals surface area contributed by atoms with Crippen LogP contribution in [0.2, 0.25) is 0 Å². The van der Waals surface area contributed by atoms with E-state index in [1.165, 1.54) is 11.3 Å². The molecule has 0 saturated carbocycles. The lowest BCUT2D eigenvalue weighted by Gasteiger charge is -2.22. The van der Waals surface area contributed by atoms with Crippen LogP contribution in [0.25, 0.3) is 5.69 Å². The van der Waals surface area contributed by atoms with E-state index in [2.05, 4.69) is 80.7 Å². The number of benzene rings is 1. The fraction of sp³-hybridized carbons (Fsp3) is 0.364. The first kappa shape index (κ1) is 18.6. The minimum absolute atomic E-state index is 0.0249. The van der Waals surface area contributed by atoms with Gasteiger partial charge in [0.1, 0.15) is 0 Å². The molecule has 3 rings (SSSR count). The lowest BCUT2D eigenvalue weighted by Crippen LogP contribution is -2.23. The highest BCUT2D eigenvalue weighted by atomic mass is 32.1. The van der Waals surface area contributed by atoms with Crippen molar-refractivity contribution >= 4 is 17.2 Å². The molecule has 0 saturated heterocycles. The molecule has 3 nitrogen and oxygen atoms in total. The number of pyridine rings is 1. The van der Waals surface area contributed by atoms with Gasteiger partial charge in [-0.05, 0) is 35.2 Å². The van der Waals surface area contributed by atoms with Gasteiger partial charge in [-0.2, -0.15) is 0 Å². The number of nitrogens with zero attached hydrogens (tertiary/aromatic N) is 3. The molecule has 0 N–H and O–H groups in total. The van der Waals surface area contributed by atoms with Gasteiger partial charge in [0.2, 0.25) is 0 Å². The molecule has 2 heterocycles. The number of hydrogen-bond donors (Lipinski definition) is 0. The van der Waals surface area contributed by atoms with Crippen molar-refractivity contribution in [2.75, 3.05) is 0 Å². The van der Waals surface area contributed by atoms with Crippen molar-refractivity contribution in [3.63, 3.8) is 0 Å². The lowest BCUT2D eigenvalue weighted by molar-refractivity contribution is 0.552. The third-order valence-electron chi connectivity index (χ3n) is 4.33. The van der Waals surface area contributed by atoms with E-state index in [1.807, 2.05) is 18.2 Å². The SMILES string of the molecule is CC(C)(C)c1ccc(-n2c(C(C)(C)C)cs/c2=N/c2ccccn2)cc1. The summed E-state index contributed by atoms with van der Waals surface area (Å²) in [5.74, 6) is 0.731. The van der Waals surface area contributed by atoms with Gasteiger partial charge in [-0.25, -0.2) is 9.98 Å². The monoisotopic (exact) mass is 365 g/mol. The fourth-order valence-corrected chi connectivity index (χ4v) is 3.91. The van der Waals surface area contributed by atoms with E-state index in [-0.39, 0.29) is 10.8 Å². The highest BCUT2D eigenvalue weighted by Crippen LogP contribution is 2.27. The second-order valence-corrected chi connectivity index (χ2v) is 9.42. The largest absolute Gasteiger partial charge is 0.289 e. The maximum Gasteiger partial charge on any atom is 0.196 e. The Morgan fingerprint density at radius 2 is 1.58 bits per heavy atom. The Labute approximate surface area is 160 Å². The smallest absolute Gasteiger partial charge is 0.196 e. The molecule has 2 aromatic heterocycles. The van der Waals surface area contributed by atoms with Gasteiger partial charge >= 0.3 is 0 Å². The molecule has 0 bridgehead atoms. The van der Waals surface area contributed by atoms with E-state index in [0.29, 0.717) is 0 Å². The quantitative estimate of drug-likeness (QED) is 0.568. The minimum Gasteiger partial charge on any atom is -0.289 e. The van der Waals surface area contributed by atoms with Crippen molar-refractivity contribution in [2.24, 2.45) is 4.99 Å². The van der Waals surface area contributed by atoms with Gasteiger partial charge in [0.25, 0.3) is 0 Å². The van der Waals surface area contributed by atoms with Crippen LogP contribution in [-0.2, 0) is 10.8 Å². The molecule has 0 aliphatic rings. The minimum atomic E-state index is 0.0249. The standard InChI is InChI=1S/C22H27N3S/c1-21(2,3)16-10-12-17(13-11-16)25-18(22(4,5)6)15-26-20(25)24-19-9-7-8-14-23-19/h7-15H,1-6H3/b24-20+. The predicted molar refractivity (Wildman–Crippen MR) is 111 cm³/mol. The first-order valence-corrected chi connectivity index (χ1v) is 9.82. The molecule has 0 spiro atoms. The first-order chi connectivity index (χ1) is 12.2. The van der Waals surface area contributed by atoms with E-state index in [4.69, 9.17) is 4.99 Å². The molecule has 1 aromatic carbocycles. The third-order valence-corrected chi connectivity index (χ3v) is 5.15. The van der Waals surface area contributed by atoms with Gasteiger partial charge in [0.15, 0.2) is 10.6 Å². The molecule has 0 amide bonds. The summed E-state index contributed by atoms with van der Waals surface area (Å²) in [5.41, 5.74) is 3.89. The predicted octanol–water partition coefficient (Wildman–Crippen LogP) is 5.76. The Kier molecular flexibility index (Phi) is 4.89. The number of hydrogen-bond acceptors (Lipinski definition) is 3. The van der Waals surface area contributed by atoms with Crippen LogP contribution >= 0.6 is 11.3 Å². The highest BCUT2D eigenvalue weighted by molar-refractivity contribution is 7.07. The normalized spacial score (nSPS) is 13.2. The molecule has 0 atom stereocenters. The van der Waals surface area contributed by atoms with Crippen molar-refractivity contribution < 1.29 is 0 Å². The van der Waals surface area contributed by atoms with Gasteiger partial charge < -0.3 is 0 Å². The summed E-state index contributed by atoms with van der Waals surface area (Å²) < 4.78 is 2.26. The Morgan fingerprint density at radius 3 is 2.12 bits per heavy atom. The van der Waals surface area contributed by atoms with Gasteiger partial charge in [0, 0.05) is 28.4 Å². The summed E-state index contributed by atoms with van der Waals surface area (Å²) in [4.78, 5) is 10.1. The molecule has 0 unspecified atom stereocenters. The third kappa shape index (κ3) is 3.96. The average Bonchev–Trinajstić information content (AvgIpc) is 2.99. The van der Waals surface area contributed by atoms with Crippen LogP contribution in [0.4, 0.5) is 5.82 Å². The van der Waals surface area contributed by atoms with Crippen molar-refractivity contribution in [3.8, 4) is 5.69 Å². The summed E-state index contributed by atoms with van der Waals surface area (Å²) in [7, 11) is 0. The first-order valence-electron chi connectivity index (χ1n) is 8.94. The van der Waals surface area contributed by atoms with Crippen molar-refractivity contribution in [2.45, 2.75) is 52.4 Å². The second-order valence-electron chi connectivity index (χ2n) is 8.59. The molecule has 0 radical (unpaired) electrons. The Bertz CT molecular complexity index is 934. The summed E-state index contributed by atoms with van der Waals surface area (Å²) in [6.07, 6.45) is 1.78. The van der Waals surface area contributed by atoms with E-state index in [9.17, 15) is 0 Å². The zero-order chi connectivity index (χ0) is 18.9. The molecule has 136 valence electrons. The summed E-state index contributed by atoms with van der Waals surface area (Å²) in [6, 6.07) is 14.6. The Morgan fingerprint density at radius 1 is 0.885 bits per heavy atom. The van der Waals surface area contributed by atoms with E-state index >= 15 is 0 Å². The van der Waals surface area contributed by atoms with Gasteiger partial charge in [-0.15, -0.1) is 11.3 Å². The molecule has 0 fully saturated rings. The van der Waals surface area contributed by atoms with Crippen LogP contribution in [-0.4, -0.2) is 9.55 Å². The van der Waals surface area contributed by atoms with Crippen LogP contribution in [0, 0.1) is 0 Å². The van der Waals surface area contributed by atoms with Crippen LogP contribution < -0.4 is 4.80 Å². The average molecular weight is 366 g/mol. The van der Waals surface area contributed by atoms with Crippen molar-refractivity contribution in [1.29, 1.82) is 0 Å². The maximum absolute atomic E-state index is 4.79. The maximum atomic E-state index is 4.79. The Balaban J connectivity index is 2.18. The molecule has 4 heteroatoms. The van der Waals surface area contributed by atoms with Gasteiger partial charge in [-0.1, -0.05) is 59.7 Å². The Hall–Kier alpha value is -2.20. The molecule has 26 heavy (non-hydrogen) atoms. The van der Waals surface area contributed by atoms with E-state index in [1.54, 1.807) is 17.5 Å². The van der Waals surface area contributed by atoms with Crippen molar-refractivity contribution in [1.82, 2.24) is 9.55 Å². The van der Waals surface area contributed by atoms with Crippen molar-refractivity contribution in [3.05, 3.63) is 70.1 Å². The highest BCUT2D eigenvalue weighted by Gasteiger charge is 2.21. The molecular formula is C22H27N3S. The second kappa shape index (κ2) is 6.84. The number of aromatic nitrogens is 2.